The van der Waals surface area contributed by atoms with Crippen LogP contribution < -0.4 is 11.6 Å². The van der Waals surface area contributed by atoms with Crippen molar-refractivity contribution in [2.24, 2.45) is 16.7 Å². The second-order valence-corrected chi connectivity index (χ2v) is 0.782. The van der Waals surface area contributed by atoms with Gasteiger partial charge in [-0.25, -0.2) is 4.84 Å². The summed E-state index contributed by atoms with van der Waals surface area (Å²) in [4.78, 5) is 12.9. The summed E-state index contributed by atoms with van der Waals surface area (Å²) in [6.45, 7) is 0. The third-order valence-corrected chi connectivity index (χ3v) is 0.295. The van der Waals surface area contributed by atoms with E-state index in [1.54, 1.807) is 0 Å². The first-order valence-electron chi connectivity index (χ1n) is 1.52. The monoisotopic (exact) mass is 120 g/mol. The number of nitrogens with zero attached hydrogens (tertiary/aromatic N) is 2. The van der Waals surface area contributed by atoms with Gasteiger partial charge in [0.15, 0.2) is 0 Å². The van der Waals surface area contributed by atoms with E-state index in [1.165, 1.54) is 0 Å². The zero-order valence-corrected chi connectivity index (χ0v) is 3.77. The van der Waals surface area contributed by atoms with Gasteiger partial charge in [-0.1, -0.05) is 0 Å². The molecular weight excluding hydrogens is 116 g/mol. The van der Waals surface area contributed by atoms with Gasteiger partial charge in [-0.2, -0.15) is 0 Å². The maximum Gasteiger partial charge on any atom is 0.302 e. The van der Waals surface area contributed by atoms with Crippen LogP contribution in [0.5, 0.6) is 0 Å². The summed E-state index contributed by atoms with van der Waals surface area (Å²) in [6.07, 6.45) is 0. The summed E-state index contributed by atoms with van der Waals surface area (Å²) in [6, 6.07) is -0.671. The van der Waals surface area contributed by atoms with E-state index in [0.717, 1.165) is 0 Å². The maximum atomic E-state index is 9.34. The molecule has 0 radical (unpaired) electrons. The highest BCUT2D eigenvalue weighted by Crippen LogP contribution is 1.69. The van der Waals surface area contributed by atoms with E-state index < -0.39 is 11.1 Å². The lowest BCUT2D eigenvalue weighted by atomic mass is 11.2. The SMILES string of the molecule is NN=C(N)O[N+](=O)[O-]. The fourth-order valence-corrected chi connectivity index (χ4v) is 0.0999. The minimum atomic E-state index is -1.11. The van der Waals surface area contributed by atoms with E-state index in [-0.39, 0.29) is 0 Å². The first-order chi connectivity index (χ1) is 3.66. The van der Waals surface area contributed by atoms with E-state index >= 15 is 0 Å². The zero-order valence-electron chi connectivity index (χ0n) is 3.77. The summed E-state index contributed by atoms with van der Waals surface area (Å²) >= 11 is 0. The quantitative estimate of drug-likeness (QED) is 0.142. The van der Waals surface area contributed by atoms with E-state index in [4.69, 9.17) is 0 Å². The van der Waals surface area contributed by atoms with E-state index in [2.05, 4.69) is 21.5 Å². The van der Waals surface area contributed by atoms with Gasteiger partial charge in [0.2, 0.25) is 0 Å². The van der Waals surface area contributed by atoms with Crippen LogP contribution in [0, 0.1) is 10.1 Å². The standard InChI is InChI=1S/CH4N4O3/c2-1(4-3)8-5(6)7/h3H2,(H2,2,4). The number of rotatable bonds is 1. The molecule has 0 aromatic carbocycles. The Kier molecular flexibility index (Phi) is 2.11. The zero-order chi connectivity index (χ0) is 6.57. The van der Waals surface area contributed by atoms with Crippen molar-refractivity contribution in [1.29, 1.82) is 0 Å². The smallest absolute Gasteiger partial charge is 0.302 e. The molecule has 0 aliphatic heterocycles. The topological polar surface area (TPSA) is 117 Å². The summed E-state index contributed by atoms with van der Waals surface area (Å²) in [5.41, 5.74) is 4.64. The predicted octanol–water partition coefficient (Wildman–Crippen LogP) is -1.62. The molecule has 0 fully saturated rings. The second-order valence-electron chi connectivity index (χ2n) is 0.782. The van der Waals surface area contributed by atoms with E-state index in [1.807, 2.05) is 0 Å². The molecule has 0 atom stereocenters. The predicted molar refractivity (Wildman–Crippen MR) is 23.9 cm³/mol. The number of amidine groups is 1. The van der Waals surface area contributed by atoms with Crippen molar-refractivity contribution in [3.63, 3.8) is 0 Å². The van der Waals surface area contributed by atoms with Crippen molar-refractivity contribution >= 4 is 6.02 Å². The summed E-state index contributed by atoms with van der Waals surface area (Å²) in [5.74, 6) is 4.45. The molecule has 46 valence electrons. The third-order valence-electron chi connectivity index (χ3n) is 0.295. The Morgan fingerprint density at radius 1 is 1.88 bits per heavy atom. The third kappa shape index (κ3) is 2.69. The molecule has 0 bridgehead atoms. The molecule has 0 aliphatic carbocycles. The Labute approximate surface area is 44.0 Å². The van der Waals surface area contributed by atoms with Gasteiger partial charge in [0.1, 0.15) is 0 Å². The Hall–Kier alpha value is -1.53. The fraction of sp³-hybridized carbons (Fsp3) is 0. The van der Waals surface area contributed by atoms with E-state index in [9.17, 15) is 10.1 Å². The molecule has 0 aromatic rings. The van der Waals surface area contributed by atoms with Crippen LogP contribution in [0.1, 0.15) is 0 Å². The van der Waals surface area contributed by atoms with Gasteiger partial charge in [0, 0.05) is 0 Å². The van der Waals surface area contributed by atoms with Gasteiger partial charge >= 0.3 is 5.09 Å². The molecule has 0 unspecified atom stereocenters. The summed E-state index contributed by atoms with van der Waals surface area (Å²) in [7, 11) is 0. The highest BCUT2D eigenvalue weighted by Gasteiger charge is 1.95. The highest BCUT2D eigenvalue weighted by atomic mass is 17.0. The first kappa shape index (κ1) is 6.47. The van der Waals surface area contributed by atoms with Crippen molar-refractivity contribution in [2.75, 3.05) is 0 Å². The average molecular weight is 120 g/mol. The molecule has 0 rings (SSSR count). The maximum absolute atomic E-state index is 9.34. The molecule has 0 saturated carbocycles. The number of hydrazone groups is 1. The van der Waals surface area contributed by atoms with Crippen molar-refractivity contribution in [3.05, 3.63) is 10.1 Å². The van der Waals surface area contributed by atoms with Crippen LogP contribution in [0.4, 0.5) is 0 Å². The van der Waals surface area contributed by atoms with Crippen molar-refractivity contribution in [3.8, 4) is 0 Å². The van der Waals surface area contributed by atoms with Crippen LogP contribution in [0.15, 0.2) is 5.10 Å². The average Bonchev–Trinajstić information content (AvgIpc) is 1.65. The largest absolute Gasteiger partial charge is 0.363 e. The first-order valence-corrected chi connectivity index (χ1v) is 1.52. The Morgan fingerprint density at radius 3 is 2.50 bits per heavy atom. The molecule has 0 heterocycles. The lowest BCUT2D eigenvalue weighted by molar-refractivity contribution is -0.724. The minimum absolute atomic E-state index is 0.671. The number of hydrogen-bond donors (Lipinski definition) is 2. The molecular formula is CH4N4O3. The van der Waals surface area contributed by atoms with E-state index in [0.29, 0.717) is 0 Å². The van der Waals surface area contributed by atoms with Crippen molar-refractivity contribution in [2.45, 2.75) is 0 Å². The lowest BCUT2D eigenvalue weighted by Gasteiger charge is -1.89. The molecule has 7 heteroatoms. The molecule has 7 nitrogen and oxygen atoms in total. The van der Waals surface area contributed by atoms with Crippen LogP contribution in [0.25, 0.3) is 0 Å². The molecule has 0 saturated heterocycles. The Bertz CT molecular complexity index is 118. The van der Waals surface area contributed by atoms with Gasteiger partial charge in [-0.05, 0) is 0 Å². The summed E-state index contributed by atoms with van der Waals surface area (Å²) in [5, 5.41) is 10.9. The van der Waals surface area contributed by atoms with Crippen molar-refractivity contribution in [1.82, 2.24) is 0 Å². The fourth-order valence-electron chi connectivity index (χ4n) is 0.0999. The lowest BCUT2D eigenvalue weighted by Crippen LogP contribution is -2.21. The van der Waals surface area contributed by atoms with Gasteiger partial charge in [-0.15, -0.1) is 15.2 Å². The van der Waals surface area contributed by atoms with Gasteiger partial charge < -0.3 is 11.6 Å². The minimum Gasteiger partial charge on any atom is -0.363 e. The second kappa shape index (κ2) is 2.61. The van der Waals surface area contributed by atoms with Crippen LogP contribution in [0.3, 0.4) is 0 Å². The normalized spacial score (nSPS) is 10.8. The van der Waals surface area contributed by atoms with Crippen molar-refractivity contribution < 1.29 is 9.92 Å². The van der Waals surface area contributed by atoms with Gasteiger partial charge in [0.05, 0.1) is 0 Å². The Balaban J connectivity index is 3.56. The van der Waals surface area contributed by atoms with Gasteiger partial charge in [-0.3, -0.25) is 0 Å². The number of nitrogens with two attached hydrogens (primary N) is 2. The Morgan fingerprint density at radius 2 is 2.38 bits per heavy atom. The van der Waals surface area contributed by atoms with Crippen LogP contribution in [-0.4, -0.2) is 11.1 Å². The molecule has 0 aromatic heterocycles. The van der Waals surface area contributed by atoms with Crippen LogP contribution in [0.2, 0.25) is 0 Å². The molecule has 0 amide bonds. The number of hydrogen-bond acceptors (Lipinski definition) is 5. The van der Waals surface area contributed by atoms with Gasteiger partial charge in [0.25, 0.3) is 6.02 Å². The molecule has 8 heavy (non-hydrogen) atoms. The highest BCUT2D eigenvalue weighted by molar-refractivity contribution is 5.69. The van der Waals surface area contributed by atoms with Crippen LogP contribution >= 0.6 is 0 Å². The molecule has 0 aliphatic rings. The summed E-state index contributed by atoms with van der Waals surface area (Å²) < 4.78 is 0. The van der Waals surface area contributed by atoms with Crippen LogP contribution in [-0.2, 0) is 4.84 Å². The molecule has 4 N–H and O–H groups in total. The molecule has 0 spiro atoms.